The van der Waals surface area contributed by atoms with Crippen LogP contribution in [0.4, 0.5) is 5.82 Å². The fourth-order valence-corrected chi connectivity index (χ4v) is 8.04. The van der Waals surface area contributed by atoms with Crippen molar-refractivity contribution in [2.75, 3.05) is 25.5 Å². The fraction of sp³-hybridized carbons (Fsp3) is 0.308. The van der Waals surface area contributed by atoms with Crippen molar-refractivity contribution >= 4 is 49.5 Å². The highest BCUT2D eigenvalue weighted by atomic mass is 32.2. The quantitative estimate of drug-likeness (QED) is 0.153. The number of rotatable bonds is 12. The predicted molar refractivity (Wildman–Crippen MR) is 194 cm³/mol. The monoisotopic (exact) mass is 661 g/mol. The van der Waals surface area contributed by atoms with E-state index in [0.29, 0.717) is 23.8 Å². The fourth-order valence-electron chi connectivity index (χ4n) is 6.62. The van der Waals surface area contributed by atoms with E-state index in [1.165, 1.54) is 0 Å². The summed E-state index contributed by atoms with van der Waals surface area (Å²) in [6.45, 7) is 0.529. The molecule has 8 nitrogen and oxygen atoms in total. The summed E-state index contributed by atoms with van der Waals surface area (Å²) in [6.07, 6.45) is 9.61. The lowest BCUT2D eigenvalue weighted by atomic mass is 9.80. The second kappa shape index (κ2) is 15.1. The molecule has 1 saturated carbocycles. The second-order valence-corrected chi connectivity index (χ2v) is 14.6. The molecule has 2 N–H and O–H groups in total. The number of allylic oxidation sites excluding steroid dienone is 1. The van der Waals surface area contributed by atoms with Gasteiger partial charge in [0, 0.05) is 31.4 Å². The van der Waals surface area contributed by atoms with E-state index in [2.05, 4.69) is 16.1 Å². The molecule has 1 aliphatic rings. The van der Waals surface area contributed by atoms with Gasteiger partial charge in [-0.2, -0.15) is 4.72 Å². The van der Waals surface area contributed by atoms with Crippen LogP contribution in [-0.4, -0.2) is 51.0 Å². The van der Waals surface area contributed by atoms with Crippen LogP contribution >= 0.6 is 0 Å². The molecule has 248 valence electrons. The topological polar surface area (TPSA) is 104 Å². The Balaban J connectivity index is 1.05. The Morgan fingerprint density at radius 3 is 2.27 bits per heavy atom. The molecule has 1 heterocycles. The Hall–Kier alpha value is -4.60. The zero-order chi connectivity index (χ0) is 33.5. The summed E-state index contributed by atoms with van der Waals surface area (Å²) in [5.74, 6) is 2.25. The van der Waals surface area contributed by atoms with Crippen LogP contribution < -0.4 is 14.9 Å². The van der Waals surface area contributed by atoms with E-state index in [0.717, 1.165) is 65.6 Å². The van der Waals surface area contributed by atoms with E-state index in [1.54, 1.807) is 18.2 Å². The third-order valence-electron chi connectivity index (χ3n) is 9.23. The number of carbonyl (C=O) groups excluding carboxylic acids is 1. The minimum Gasteiger partial charge on any atom is -0.362 e. The Kier molecular flexibility index (Phi) is 10.5. The van der Waals surface area contributed by atoms with Crippen LogP contribution in [0, 0.1) is 11.8 Å². The molecule has 0 spiro atoms. The van der Waals surface area contributed by atoms with Gasteiger partial charge in [0.2, 0.25) is 15.9 Å². The molecule has 0 radical (unpaired) electrons. The molecule has 6 rings (SSSR count). The second-order valence-electron chi connectivity index (χ2n) is 12.9. The number of hydrogen-bond donors (Lipinski definition) is 2. The van der Waals surface area contributed by atoms with Crippen LogP contribution in [0.1, 0.15) is 43.5 Å². The number of anilines is 1. The van der Waals surface area contributed by atoms with Gasteiger partial charge < -0.3 is 10.2 Å². The normalized spacial score (nSPS) is 17.5. The van der Waals surface area contributed by atoms with E-state index >= 15 is 0 Å². The lowest BCUT2D eigenvalue weighted by Gasteiger charge is -2.28. The van der Waals surface area contributed by atoms with Crippen molar-refractivity contribution in [3.63, 3.8) is 0 Å². The van der Waals surface area contributed by atoms with E-state index < -0.39 is 16.1 Å². The van der Waals surface area contributed by atoms with Gasteiger partial charge in [0.05, 0.1) is 10.4 Å². The first-order valence-electron chi connectivity index (χ1n) is 16.7. The molecule has 1 amide bonds. The molecule has 9 heteroatoms. The van der Waals surface area contributed by atoms with Crippen molar-refractivity contribution in [1.29, 1.82) is 0 Å². The summed E-state index contributed by atoms with van der Waals surface area (Å²) in [7, 11) is 0.0177. The number of amides is 1. The molecule has 48 heavy (non-hydrogen) atoms. The maximum Gasteiger partial charge on any atom is 0.241 e. The van der Waals surface area contributed by atoms with Gasteiger partial charge in [-0.3, -0.25) is 4.79 Å². The molecule has 0 unspecified atom stereocenters. The lowest BCUT2D eigenvalue weighted by Crippen LogP contribution is -2.49. The maximum absolute atomic E-state index is 13.7. The number of hydrogen-bond acceptors (Lipinski definition) is 6. The van der Waals surface area contributed by atoms with Gasteiger partial charge in [0.25, 0.3) is 0 Å². The molecule has 1 aliphatic carbocycles. The smallest absolute Gasteiger partial charge is 0.241 e. The number of fused-ring (bicyclic) bond motifs is 2. The molecular formula is C39H43N5O3S. The third kappa shape index (κ3) is 8.09. The van der Waals surface area contributed by atoms with Crippen molar-refractivity contribution in [2.24, 2.45) is 11.8 Å². The third-order valence-corrected chi connectivity index (χ3v) is 10.8. The van der Waals surface area contributed by atoms with Gasteiger partial charge in [-0.25, -0.2) is 18.4 Å². The van der Waals surface area contributed by atoms with Crippen LogP contribution in [0.3, 0.4) is 0 Å². The number of sulfonamides is 1. The van der Waals surface area contributed by atoms with Crippen molar-refractivity contribution in [1.82, 2.24) is 20.0 Å². The molecular weight excluding hydrogens is 619 g/mol. The van der Waals surface area contributed by atoms with Crippen LogP contribution in [0.2, 0.25) is 0 Å². The summed E-state index contributed by atoms with van der Waals surface area (Å²) < 4.78 is 30.1. The summed E-state index contributed by atoms with van der Waals surface area (Å²) in [5.41, 5.74) is 1.82. The van der Waals surface area contributed by atoms with Crippen LogP contribution in [0.15, 0.2) is 108 Å². The maximum atomic E-state index is 13.7. The van der Waals surface area contributed by atoms with E-state index in [1.807, 2.05) is 104 Å². The summed E-state index contributed by atoms with van der Waals surface area (Å²) in [6, 6.07) is 29.2. The lowest BCUT2D eigenvalue weighted by molar-refractivity contribution is -0.122. The van der Waals surface area contributed by atoms with Crippen molar-refractivity contribution < 1.29 is 13.2 Å². The average Bonchev–Trinajstić information content (AvgIpc) is 3.10. The van der Waals surface area contributed by atoms with Gasteiger partial charge in [-0.1, -0.05) is 84.9 Å². The van der Waals surface area contributed by atoms with Gasteiger partial charge in [0.1, 0.15) is 11.9 Å². The number of benzene rings is 4. The standard InChI is InChI=1S/C39H43N5O3S/c1-44(2)38-33-18-8-9-19-34(33)41-37(42-38)21-10-14-28-22-24-30(25-23-28)27-40-39(45)35(26-29-12-4-3-5-13-29)43-48(46,47)36-20-11-16-31-15-6-7-17-32(31)36/h3-13,15-21,28,30,35,43H,14,22-27H2,1-2H3,(H,40,45)/b21-10+/t28-,30+,35-/m0/s1. The minimum absolute atomic E-state index is 0.171. The number of para-hydroxylation sites is 1. The average molecular weight is 662 g/mol. The summed E-state index contributed by atoms with van der Waals surface area (Å²) in [4.78, 5) is 25.3. The largest absolute Gasteiger partial charge is 0.362 e. The summed E-state index contributed by atoms with van der Waals surface area (Å²) >= 11 is 0. The number of nitrogens with one attached hydrogen (secondary N) is 2. The van der Waals surface area contributed by atoms with Gasteiger partial charge in [-0.15, -0.1) is 0 Å². The number of aromatic nitrogens is 2. The molecule has 5 aromatic rings. The van der Waals surface area contributed by atoms with E-state index in [-0.39, 0.29) is 17.2 Å². The Morgan fingerprint density at radius 2 is 1.50 bits per heavy atom. The highest BCUT2D eigenvalue weighted by molar-refractivity contribution is 7.89. The first-order chi connectivity index (χ1) is 23.3. The van der Waals surface area contributed by atoms with Gasteiger partial charge in [0.15, 0.2) is 5.82 Å². The first-order valence-corrected chi connectivity index (χ1v) is 18.2. The van der Waals surface area contributed by atoms with Gasteiger partial charge >= 0.3 is 0 Å². The Labute approximate surface area is 283 Å². The SMILES string of the molecule is CN(C)c1nc(/C=C/C[C@H]2CC[C@@H](CNC(=O)[C@H](Cc3ccccc3)NS(=O)(=O)c3cccc4ccccc34)CC2)nc2ccccc12. The summed E-state index contributed by atoms with van der Waals surface area (Å²) in [5, 5.41) is 5.59. The molecule has 4 aromatic carbocycles. The highest BCUT2D eigenvalue weighted by Crippen LogP contribution is 2.31. The first kappa shape index (κ1) is 33.3. The molecule has 0 aliphatic heterocycles. The van der Waals surface area contributed by atoms with E-state index in [9.17, 15) is 13.2 Å². The van der Waals surface area contributed by atoms with Gasteiger partial charge in [-0.05, 0) is 85.6 Å². The zero-order valence-corrected chi connectivity index (χ0v) is 28.4. The number of carbonyl (C=O) groups is 1. The van der Waals surface area contributed by atoms with Crippen LogP contribution in [0.5, 0.6) is 0 Å². The highest BCUT2D eigenvalue weighted by Gasteiger charge is 2.28. The van der Waals surface area contributed by atoms with Crippen molar-refractivity contribution in [2.45, 2.75) is 49.5 Å². The number of nitrogens with zero attached hydrogens (tertiary/aromatic N) is 3. The minimum atomic E-state index is -3.98. The van der Waals surface area contributed by atoms with E-state index in [4.69, 9.17) is 9.97 Å². The molecule has 0 bridgehead atoms. The van der Waals surface area contributed by atoms with Crippen molar-refractivity contribution in [3.8, 4) is 0 Å². The molecule has 1 atom stereocenters. The molecule has 0 saturated heterocycles. The Morgan fingerprint density at radius 1 is 0.833 bits per heavy atom. The van der Waals surface area contributed by atoms with Crippen molar-refractivity contribution in [3.05, 3.63) is 115 Å². The van der Waals surface area contributed by atoms with Crippen LogP contribution in [-0.2, 0) is 21.2 Å². The molecule has 1 fully saturated rings. The zero-order valence-electron chi connectivity index (χ0n) is 27.5. The molecule has 1 aromatic heterocycles. The Bertz CT molecular complexity index is 2000. The van der Waals surface area contributed by atoms with Crippen LogP contribution in [0.25, 0.3) is 27.8 Å². The predicted octanol–water partition coefficient (Wildman–Crippen LogP) is 6.76.